The molecule has 1 N–H and O–H groups in total. The van der Waals surface area contributed by atoms with Gasteiger partial charge < -0.3 is 10.0 Å². The van der Waals surface area contributed by atoms with E-state index in [9.17, 15) is 4.79 Å². The highest BCUT2D eigenvalue weighted by Gasteiger charge is 2.03. The Hall–Kier alpha value is -2.13. The third-order valence-corrected chi connectivity index (χ3v) is 3.46. The van der Waals surface area contributed by atoms with Crippen LogP contribution in [0.25, 0.3) is 0 Å². The molecule has 0 spiro atoms. The van der Waals surface area contributed by atoms with Gasteiger partial charge in [0.2, 0.25) is 0 Å². The second kappa shape index (κ2) is 7.60. The third kappa shape index (κ3) is 5.40. The maximum atomic E-state index is 10.6. The van der Waals surface area contributed by atoms with Crippen molar-refractivity contribution in [3.05, 3.63) is 71.3 Å². The molecular formula is C18H21NO2. The van der Waals surface area contributed by atoms with Gasteiger partial charge in [0, 0.05) is 13.1 Å². The lowest BCUT2D eigenvalue weighted by molar-refractivity contribution is -0.136. The minimum atomic E-state index is -0.789. The van der Waals surface area contributed by atoms with Gasteiger partial charge in [-0.15, -0.1) is 0 Å². The number of nitrogens with zero attached hydrogens (tertiary/aromatic N) is 1. The minimum Gasteiger partial charge on any atom is -0.481 e. The van der Waals surface area contributed by atoms with E-state index in [1.165, 1.54) is 11.1 Å². The van der Waals surface area contributed by atoms with Crippen molar-refractivity contribution < 1.29 is 9.90 Å². The van der Waals surface area contributed by atoms with Crippen molar-refractivity contribution in [3.63, 3.8) is 0 Å². The number of carboxylic acid groups (broad SMARTS) is 1. The lowest BCUT2D eigenvalue weighted by atomic mass is 10.1. The molecule has 0 fully saturated rings. The van der Waals surface area contributed by atoms with E-state index in [1.807, 2.05) is 30.3 Å². The van der Waals surface area contributed by atoms with Crippen LogP contribution >= 0.6 is 0 Å². The molecule has 0 bridgehead atoms. The number of rotatable bonds is 7. The Morgan fingerprint density at radius 2 is 1.57 bits per heavy atom. The van der Waals surface area contributed by atoms with Gasteiger partial charge in [-0.2, -0.15) is 0 Å². The Labute approximate surface area is 125 Å². The standard InChI is InChI=1S/C18H21NO2/c1-19(12-11-15-5-3-2-4-6-15)14-17-9-7-16(8-10-17)13-18(20)21/h2-10H,11-14H2,1H3,(H,20,21). The van der Waals surface area contributed by atoms with Gasteiger partial charge in [0.25, 0.3) is 0 Å². The first kappa shape index (κ1) is 15.3. The van der Waals surface area contributed by atoms with Gasteiger partial charge in [-0.05, 0) is 30.2 Å². The second-order valence-electron chi connectivity index (χ2n) is 5.36. The number of carboxylic acids is 1. The first-order chi connectivity index (χ1) is 10.1. The summed E-state index contributed by atoms with van der Waals surface area (Å²) >= 11 is 0. The molecular weight excluding hydrogens is 262 g/mol. The van der Waals surface area contributed by atoms with Crippen molar-refractivity contribution in [2.45, 2.75) is 19.4 Å². The highest BCUT2D eigenvalue weighted by atomic mass is 16.4. The van der Waals surface area contributed by atoms with Crippen LogP contribution in [0.15, 0.2) is 54.6 Å². The Bertz CT molecular complexity index is 564. The summed E-state index contributed by atoms with van der Waals surface area (Å²) in [6.07, 6.45) is 1.12. The molecule has 0 radical (unpaired) electrons. The quantitative estimate of drug-likeness (QED) is 0.849. The summed E-state index contributed by atoms with van der Waals surface area (Å²) in [7, 11) is 2.11. The van der Waals surface area contributed by atoms with Crippen LogP contribution in [0.1, 0.15) is 16.7 Å². The molecule has 21 heavy (non-hydrogen) atoms. The van der Waals surface area contributed by atoms with Crippen LogP contribution in [0.3, 0.4) is 0 Å². The summed E-state index contributed by atoms with van der Waals surface area (Å²) in [6, 6.07) is 18.3. The number of hydrogen-bond donors (Lipinski definition) is 1. The largest absolute Gasteiger partial charge is 0.481 e. The zero-order chi connectivity index (χ0) is 15.1. The molecule has 0 saturated heterocycles. The lowest BCUT2D eigenvalue weighted by Crippen LogP contribution is -2.20. The van der Waals surface area contributed by atoms with Gasteiger partial charge in [-0.25, -0.2) is 0 Å². The van der Waals surface area contributed by atoms with Crippen molar-refractivity contribution in [2.24, 2.45) is 0 Å². The fourth-order valence-electron chi connectivity index (χ4n) is 2.29. The van der Waals surface area contributed by atoms with Gasteiger partial charge in [0.15, 0.2) is 0 Å². The minimum absolute atomic E-state index is 0.0874. The van der Waals surface area contributed by atoms with Crippen molar-refractivity contribution >= 4 is 5.97 Å². The summed E-state index contributed by atoms with van der Waals surface area (Å²) in [5, 5.41) is 8.75. The zero-order valence-corrected chi connectivity index (χ0v) is 12.3. The van der Waals surface area contributed by atoms with Gasteiger partial charge in [-0.1, -0.05) is 54.6 Å². The lowest BCUT2D eigenvalue weighted by Gasteiger charge is -2.17. The smallest absolute Gasteiger partial charge is 0.307 e. The van der Waals surface area contributed by atoms with Crippen LogP contribution < -0.4 is 0 Å². The molecule has 3 nitrogen and oxygen atoms in total. The molecule has 2 aromatic rings. The van der Waals surface area contributed by atoms with Gasteiger partial charge >= 0.3 is 5.97 Å². The average molecular weight is 283 g/mol. The Morgan fingerprint density at radius 1 is 0.952 bits per heavy atom. The molecule has 110 valence electrons. The first-order valence-electron chi connectivity index (χ1n) is 7.15. The van der Waals surface area contributed by atoms with Gasteiger partial charge in [0.05, 0.1) is 6.42 Å². The maximum Gasteiger partial charge on any atom is 0.307 e. The Kier molecular flexibility index (Phi) is 5.52. The number of hydrogen-bond acceptors (Lipinski definition) is 2. The maximum absolute atomic E-state index is 10.6. The van der Waals surface area contributed by atoms with Gasteiger partial charge in [-0.3, -0.25) is 4.79 Å². The fourth-order valence-corrected chi connectivity index (χ4v) is 2.29. The van der Waals surface area contributed by atoms with E-state index in [-0.39, 0.29) is 6.42 Å². The van der Waals surface area contributed by atoms with E-state index in [0.717, 1.165) is 25.1 Å². The van der Waals surface area contributed by atoms with Crippen LogP contribution in [-0.4, -0.2) is 29.6 Å². The van der Waals surface area contributed by atoms with Crippen LogP contribution in [0.5, 0.6) is 0 Å². The van der Waals surface area contributed by atoms with E-state index in [0.29, 0.717) is 0 Å². The molecule has 0 aliphatic heterocycles. The second-order valence-corrected chi connectivity index (χ2v) is 5.36. The highest BCUT2D eigenvalue weighted by Crippen LogP contribution is 2.08. The summed E-state index contributed by atoms with van der Waals surface area (Å²) in [5.41, 5.74) is 3.40. The summed E-state index contributed by atoms with van der Waals surface area (Å²) < 4.78 is 0. The van der Waals surface area contributed by atoms with E-state index in [2.05, 4.69) is 36.2 Å². The molecule has 0 atom stereocenters. The number of aliphatic carboxylic acids is 1. The van der Waals surface area contributed by atoms with E-state index in [1.54, 1.807) is 0 Å². The van der Waals surface area contributed by atoms with Crippen LogP contribution in [0, 0.1) is 0 Å². The van der Waals surface area contributed by atoms with Crippen LogP contribution in [0.4, 0.5) is 0 Å². The zero-order valence-electron chi connectivity index (χ0n) is 12.3. The van der Waals surface area contributed by atoms with E-state index >= 15 is 0 Å². The SMILES string of the molecule is CN(CCc1ccccc1)Cc1ccc(CC(=O)O)cc1. The van der Waals surface area contributed by atoms with E-state index < -0.39 is 5.97 Å². The fraction of sp³-hybridized carbons (Fsp3) is 0.278. The molecule has 3 heteroatoms. The van der Waals surface area contributed by atoms with Crippen LogP contribution in [-0.2, 0) is 24.2 Å². The molecule has 0 unspecified atom stereocenters. The molecule has 0 saturated carbocycles. The number of carbonyl (C=O) groups is 1. The highest BCUT2D eigenvalue weighted by molar-refractivity contribution is 5.70. The summed E-state index contributed by atoms with van der Waals surface area (Å²) in [6.45, 7) is 1.88. The molecule has 0 aromatic heterocycles. The normalized spacial score (nSPS) is 10.8. The Morgan fingerprint density at radius 3 is 2.19 bits per heavy atom. The topological polar surface area (TPSA) is 40.5 Å². The molecule has 0 amide bonds. The molecule has 2 aromatic carbocycles. The summed E-state index contributed by atoms with van der Waals surface area (Å²) in [4.78, 5) is 12.9. The molecule has 2 rings (SSSR count). The van der Waals surface area contributed by atoms with Crippen molar-refractivity contribution in [1.29, 1.82) is 0 Å². The van der Waals surface area contributed by atoms with Crippen LogP contribution in [0.2, 0.25) is 0 Å². The molecule has 0 heterocycles. The first-order valence-corrected chi connectivity index (χ1v) is 7.15. The predicted octanol–water partition coefficient (Wildman–Crippen LogP) is 2.99. The molecule has 0 aliphatic carbocycles. The third-order valence-electron chi connectivity index (χ3n) is 3.46. The monoisotopic (exact) mass is 283 g/mol. The van der Waals surface area contributed by atoms with Gasteiger partial charge in [0.1, 0.15) is 0 Å². The average Bonchev–Trinajstić information content (AvgIpc) is 2.48. The van der Waals surface area contributed by atoms with Crippen molar-refractivity contribution in [3.8, 4) is 0 Å². The number of likely N-dealkylation sites (N-methyl/N-ethyl adjacent to an activating group) is 1. The summed E-state index contributed by atoms with van der Waals surface area (Å²) in [5.74, 6) is -0.789. The Balaban J connectivity index is 1.82. The van der Waals surface area contributed by atoms with Crippen molar-refractivity contribution in [1.82, 2.24) is 4.90 Å². The van der Waals surface area contributed by atoms with Crippen molar-refractivity contribution in [2.75, 3.05) is 13.6 Å². The van der Waals surface area contributed by atoms with E-state index in [4.69, 9.17) is 5.11 Å². The molecule has 0 aliphatic rings. The predicted molar refractivity (Wildman–Crippen MR) is 84.3 cm³/mol. The number of benzene rings is 2.